The topological polar surface area (TPSA) is 55.4 Å². The minimum Gasteiger partial charge on any atom is -0.452 e. The number of rotatable bonds is 5. The van der Waals surface area contributed by atoms with E-state index in [2.05, 4.69) is 5.32 Å². The average molecular weight is 334 g/mol. The molecule has 0 aliphatic heterocycles. The Kier molecular flexibility index (Phi) is 5.88. The molecule has 0 unspecified atom stereocenters. The zero-order valence-electron chi connectivity index (χ0n) is 12.0. The third-order valence-electron chi connectivity index (χ3n) is 2.76. The van der Waals surface area contributed by atoms with E-state index in [1.807, 2.05) is 30.3 Å². The molecule has 0 aliphatic rings. The lowest BCUT2D eigenvalue weighted by Gasteiger charge is -2.06. The summed E-state index contributed by atoms with van der Waals surface area (Å²) < 4.78 is 17.8. The minimum atomic E-state index is -0.638. The van der Waals surface area contributed by atoms with Gasteiger partial charge in [-0.3, -0.25) is 4.79 Å². The molecule has 23 heavy (non-hydrogen) atoms. The first kappa shape index (κ1) is 16.7. The summed E-state index contributed by atoms with van der Waals surface area (Å²) in [6, 6.07) is 13.0. The molecule has 0 saturated carbocycles. The van der Waals surface area contributed by atoms with E-state index in [9.17, 15) is 14.0 Å². The van der Waals surface area contributed by atoms with Crippen molar-refractivity contribution in [1.29, 1.82) is 0 Å². The molecule has 0 atom stereocenters. The Bertz CT molecular complexity index is 732. The molecule has 6 heteroatoms. The standard InChI is InChI=1S/C17H13ClFNO3/c18-14-10-13(7-8-15(14)19)20-16(21)11-23-17(22)9-6-12-4-2-1-3-5-12/h1-10H,11H2,(H,20,21). The fraction of sp³-hybridized carbons (Fsp3) is 0.0588. The zero-order valence-corrected chi connectivity index (χ0v) is 12.7. The highest BCUT2D eigenvalue weighted by Crippen LogP contribution is 2.19. The summed E-state index contributed by atoms with van der Waals surface area (Å²) in [7, 11) is 0. The molecule has 2 aromatic rings. The lowest BCUT2D eigenvalue weighted by molar-refractivity contribution is -0.142. The molecule has 0 aliphatic carbocycles. The second-order valence-corrected chi connectivity index (χ2v) is 4.94. The Hall–Kier alpha value is -2.66. The largest absolute Gasteiger partial charge is 0.452 e. The number of esters is 1. The number of amides is 1. The number of carbonyl (C=O) groups is 2. The van der Waals surface area contributed by atoms with E-state index in [1.54, 1.807) is 6.08 Å². The maximum Gasteiger partial charge on any atom is 0.331 e. The molecule has 0 radical (unpaired) electrons. The Morgan fingerprint density at radius 2 is 1.91 bits per heavy atom. The number of ether oxygens (including phenoxy) is 1. The van der Waals surface area contributed by atoms with Crippen LogP contribution in [0.25, 0.3) is 6.08 Å². The van der Waals surface area contributed by atoms with Gasteiger partial charge in [0.05, 0.1) is 5.02 Å². The van der Waals surface area contributed by atoms with Gasteiger partial charge in [-0.1, -0.05) is 41.9 Å². The van der Waals surface area contributed by atoms with Gasteiger partial charge in [-0.25, -0.2) is 9.18 Å². The molecule has 0 saturated heterocycles. The van der Waals surface area contributed by atoms with Crippen molar-refractivity contribution in [2.45, 2.75) is 0 Å². The van der Waals surface area contributed by atoms with E-state index in [4.69, 9.17) is 16.3 Å². The Labute approximate surface area is 137 Å². The molecule has 0 bridgehead atoms. The highest BCUT2D eigenvalue weighted by Gasteiger charge is 2.07. The molecule has 0 spiro atoms. The molecule has 1 amide bonds. The number of hydrogen-bond acceptors (Lipinski definition) is 3. The molecule has 1 N–H and O–H groups in total. The van der Waals surface area contributed by atoms with E-state index in [0.29, 0.717) is 5.69 Å². The van der Waals surface area contributed by atoms with E-state index in [0.717, 1.165) is 11.6 Å². The third-order valence-corrected chi connectivity index (χ3v) is 3.05. The third kappa shape index (κ3) is 5.56. The highest BCUT2D eigenvalue weighted by atomic mass is 35.5. The average Bonchev–Trinajstić information content (AvgIpc) is 2.55. The summed E-state index contributed by atoms with van der Waals surface area (Å²) in [5.41, 5.74) is 1.16. The summed E-state index contributed by atoms with van der Waals surface area (Å²) in [5, 5.41) is 2.34. The molecule has 0 fully saturated rings. The van der Waals surface area contributed by atoms with Gasteiger partial charge in [-0.2, -0.15) is 0 Å². The van der Waals surface area contributed by atoms with Gasteiger partial charge in [0, 0.05) is 11.8 Å². The normalized spacial score (nSPS) is 10.5. The van der Waals surface area contributed by atoms with Crippen molar-refractivity contribution < 1.29 is 18.7 Å². The monoisotopic (exact) mass is 333 g/mol. The first-order valence-electron chi connectivity index (χ1n) is 6.69. The van der Waals surface area contributed by atoms with Crippen LogP contribution in [0.5, 0.6) is 0 Å². The van der Waals surface area contributed by atoms with Gasteiger partial charge in [0.15, 0.2) is 6.61 Å². The fourth-order valence-corrected chi connectivity index (χ4v) is 1.86. The first-order valence-corrected chi connectivity index (χ1v) is 7.07. The number of halogens is 2. The highest BCUT2D eigenvalue weighted by molar-refractivity contribution is 6.31. The van der Waals surface area contributed by atoms with Gasteiger partial charge in [0.1, 0.15) is 5.82 Å². The Balaban J connectivity index is 1.80. The Morgan fingerprint density at radius 3 is 2.61 bits per heavy atom. The van der Waals surface area contributed by atoms with E-state index >= 15 is 0 Å². The minimum absolute atomic E-state index is 0.106. The second-order valence-electron chi connectivity index (χ2n) is 4.53. The van der Waals surface area contributed by atoms with Crippen molar-refractivity contribution in [3.8, 4) is 0 Å². The van der Waals surface area contributed by atoms with Crippen LogP contribution in [0.3, 0.4) is 0 Å². The van der Waals surface area contributed by atoms with Gasteiger partial charge in [-0.15, -0.1) is 0 Å². The predicted octanol–water partition coefficient (Wildman–Crippen LogP) is 3.67. The maximum atomic E-state index is 13.0. The van der Waals surface area contributed by atoms with Crippen LogP contribution in [0.4, 0.5) is 10.1 Å². The quantitative estimate of drug-likeness (QED) is 0.671. The molecule has 0 aromatic heterocycles. The molecule has 4 nitrogen and oxygen atoms in total. The molecule has 2 rings (SSSR count). The molecule has 2 aromatic carbocycles. The van der Waals surface area contributed by atoms with Crippen molar-refractivity contribution in [2.24, 2.45) is 0 Å². The van der Waals surface area contributed by atoms with Gasteiger partial charge in [-0.05, 0) is 29.8 Å². The summed E-state index contributed by atoms with van der Waals surface area (Å²) in [5.74, 6) is -1.77. The van der Waals surface area contributed by atoms with Gasteiger partial charge in [0.25, 0.3) is 5.91 Å². The van der Waals surface area contributed by atoms with E-state index in [1.165, 1.54) is 18.2 Å². The van der Waals surface area contributed by atoms with Gasteiger partial charge in [0.2, 0.25) is 0 Å². The van der Waals surface area contributed by atoms with Crippen molar-refractivity contribution in [1.82, 2.24) is 0 Å². The van der Waals surface area contributed by atoms with E-state index in [-0.39, 0.29) is 5.02 Å². The van der Waals surface area contributed by atoms with Crippen molar-refractivity contribution in [3.63, 3.8) is 0 Å². The van der Waals surface area contributed by atoms with Crippen LogP contribution >= 0.6 is 11.6 Å². The molecule has 0 heterocycles. The Morgan fingerprint density at radius 1 is 1.17 bits per heavy atom. The maximum absolute atomic E-state index is 13.0. The first-order chi connectivity index (χ1) is 11.0. The number of anilines is 1. The van der Waals surface area contributed by atoms with Crippen LogP contribution < -0.4 is 5.32 Å². The van der Waals surface area contributed by atoms with Crippen LogP contribution in [-0.2, 0) is 14.3 Å². The molecule has 118 valence electrons. The van der Waals surface area contributed by atoms with Gasteiger partial charge < -0.3 is 10.1 Å². The predicted molar refractivity (Wildman–Crippen MR) is 86.5 cm³/mol. The number of carbonyl (C=O) groups excluding carboxylic acids is 2. The summed E-state index contributed by atoms with van der Waals surface area (Å²) in [6.45, 7) is -0.451. The van der Waals surface area contributed by atoms with Crippen molar-refractivity contribution >= 4 is 35.2 Å². The smallest absolute Gasteiger partial charge is 0.331 e. The summed E-state index contributed by atoms with van der Waals surface area (Å²) >= 11 is 5.60. The van der Waals surface area contributed by atoms with Crippen LogP contribution in [0, 0.1) is 5.82 Å². The molecular formula is C17H13ClFNO3. The van der Waals surface area contributed by atoms with Crippen molar-refractivity contribution in [3.05, 3.63) is 71.0 Å². The van der Waals surface area contributed by atoms with E-state index < -0.39 is 24.3 Å². The van der Waals surface area contributed by atoms with Crippen LogP contribution in [0.15, 0.2) is 54.6 Å². The summed E-state index contributed by atoms with van der Waals surface area (Å²) in [6.07, 6.45) is 2.82. The van der Waals surface area contributed by atoms with Crippen LogP contribution in [0.1, 0.15) is 5.56 Å². The fourth-order valence-electron chi connectivity index (χ4n) is 1.68. The van der Waals surface area contributed by atoms with Crippen molar-refractivity contribution in [2.75, 3.05) is 11.9 Å². The van der Waals surface area contributed by atoms with Crippen LogP contribution in [-0.4, -0.2) is 18.5 Å². The lowest BCUT2D eigenvalue weighted by Crippen LogP contribution is -2.20. The second kappa shape index (κ2) is 8.10. The SMILES string of the molecule is O=C(COC(=O)C=Cc1ccccc1)Nc1ccc(F)c(Cl)c1. The lowest BCUT2D eigenvalue weighted by atomic mass is 10.2. The number of benzene rings is 2. The van der Waals surface area contributed by atoms with Gasteiger partial charge >= 0.3 is 5.97 Å². The zero-order chi connectivity index (χ0) is 16.7. The number of nitrogens with one attached hydrogen (secondary N) is 1. The summed E-state index contributed by atoms with van der Waals surface area (Å²) in [4.78, 5) is 23.2. The van der Waals surface area contributed by atoms with Crippen LogP contribution in [0.2, 0.25) is 5.02 Å². The molecular weight excluding hydrogens is 321 g/mol. The number of hydrogen-bond donors (Lipinski definition) is 1.